The average molecular weight is 858 g/mol. The number of benzene rings is 4. The molecule has 13 nitrogen and oxygen atoms in total. The fourth-order valence-electron chi connectivity index (χ4n) is 7.79. The van der Waals surface area contributed by atoms with Crippen molar-refractivity contribution in [3.63, 3.8) is 0 Å². The molecule has 6 N–H and O–H groups in total. The molecule has 0 aromatic heterocycles. The highest BCUT2D eigenvalue weighted by Crippen LogP contribution is 2.41. The van der Waals surface area contributed by atoms with Gasteiger partial charge in [-0.15, -0.1) is 0 Å². The van der Waals surface area contributed by atoms with Crippen molar-refractivity contribution in [2.24, 2.45) is 23.3 Å². The molecule has 13 heteroatoms. The second-order valence-electron chi connectivity index (χ2n) is 16.1. The monoisotopic (exact) mass is 857 g/mol. The summed E-state index contributed by atoms with van der Waals surface area (Å²) in [7, 11) is 1.44. The van der Waals surface area contributed by atoms with Crippen LogP contribution in [0.2, 0.25) is 0 Å². The van der Waals surface area contributed by atoms with Crippen molar-refractivity contribution in [1.82, 2.24) is 10.2 Å². The van der Waals surface area contributed by atoms with Crippen LogP contribution in [0.5, 0.6) is 11.5 Å². The zero-order valence-corrected chi connectivity index (χ0v) is 36.4. The summed E-state index contributed by atoms with van der Waals surface area (Å²) >= 11 is 0. The van der Waals surface area contributed by atoms with Gasteiger partial charge in [0.05, 0.1) is 24.6 Å². The number of hydrogen-bond acceptors (Lipinski definition) is 11. The summed E-state index contributed by atoms with van der Waals surface area (Å²) in [6.07, 6.45) is 2.60. The van der Waals surface area contributed by atoms with Crippen LogP contribution >= 0.6 is 0 Å². The summed E-state index contributed by atoms with van der Waals surface area (Å²) in [5.74, 6) is -3.68. The molecule has 332 valence electrons. The maximum atomic E-state index is 14.6. The number of nitrogens with two attached hydrogens (primary N) is 2. The van der Waals surface area contributed by atoms with Crippen LogP contribution in [0.3, 0.4) is 0 Å². The fourth-order valence-corrected chi connectivity index (χ4v) is 7.79. The van der Waals surface area contributed by atoms with E-state index in [1.54, 1.807) is 49.4 Å². The topological polar surface area (TPSA) is 215 Å². The van der Waals surface area contributed by atoms with Gasteiger partial charge >= 0.3 is 0 Å². The van der Waals surface area contributed by atoms with E-state index in [0.717, 1.165) is 30.4 Å². The highest BCUT2D eigenvalue weighted by atomic mass is 16.5. The molecule has 1 aliphatic rings. The van der Waals surface area contributed by atoms with Crippen molar-refractivity contribution < 1.29 is 38.6 Å². The van der Waals surface area contributed by atoms with E-state index < -0.39 is 48.1 Å². The molecule has 0 aliphatic carbocycles. The number of nitrogens with one attached hydrogen (secondary N) is 1. The van der Waals surface area contributed by atoms with Crippen LogP contribution in [0.1, 0.15) is 85.5 Å². The molecule has 4 atom stereocenters. The molecule has 0 unspecified atom stereocenters. The summed E-state index contributed by atoms with van der Waals surface area (Å²) in [6, 6.07) is 25.5. The van der Waals surface area contributed by atoms with E-state index in [9.17, 15) is 34.3 Å². The van der Waals surface area contributed by atoms with E-state index in [-0.39, 0.29) is 70.0 Å². The molecule has 1 heterocycles. The molecule has 0 fully saturated rings. The summed E-state index contributed by atoms with van der Waals surface area (Å²) in [4.78, 5) is 71.0. The molecule has 4 aromatic rings. The lowest BCUT2D eigenvalue weighted by molar-refractivity contribution is -0.143. The number of rotatable bonds is 19. The van der Waals surface area contributed by atoms with Gasteiger partial charge in [-0.25, -0.2) is 0 Å². The quantitative estimate of drug-likeness (QED) is 0.0812. The third-order valence-electron chi connectivity index (χ3n) is 11.3. The number of hydrogen-bond donors (Lipinski definition) is 4. The molecule has 0 radical (unpaired) electrons. The second kappa shape index (κ2) is 23.3. The number of fused-ring (bicyclic) bond motifs is 5. The number of nitrogens with zero attached hydrogens (tertiary/aromatic N) is 2. The first-order valence-electron chi connectivity index (χ1n) is 21.7. The van der Waals surface area contributed by atoms with Gasteiger partial charge in [-0.1, -0.05) is 80.9 Å². The Labute approximate surface area is 369 Å². The van der Waals surface area contributed by atoms with Gasteiger partial charge in [-0.05, 0) is 71.3 Å². The summed E-state index contributed by atoms with van der Waals surface area (Å²) in [6.45, 7) is 3.82. The zero-order valence-electron chi connectivity index (χ0n) is 36.4. The first kappa shape index (κ1) is 47.8. The predicted octanol–water partition coefficient (Wildman–Crippen LogP) is 5.93. The number of unbranched alkanes of at least 4 members (excludes halogenated alkanes) is 1. The summed E-state index contributed by atoms with van der Waals surface area (Å²) < 4.78 is 12.2. The minimum absolute atomic E-state index is 0.0338. The molecule has 4 aromatic carbocycles. The lowest BCUT2D eigenvalue weighted by Crippen LogP contribution is -2.46. The summed E-state index contributed by atoms with van der Waals surface area (Å²) in [5, 5.41) is 22.6. The number of aliphatic hydroxyl groups is 1. The second-order valence-corrected chi connectivity index (χ2v) is 16.1. The van der Waals surface area contributed by atoms with Gasteiger partial charge in [0.25, 0.3) is 0 Å². The molecular formula is C50H59N5O8. The van der Waals surface area contributed by atoms with Crippen LogP contribution in [0.4, 0.5) is 0 Å². The number of Topliss-reactive ketones (excluding diaryl/α,β-unsaturated/α-hetero) is 3. The fraction of sp³-hybridized carbons (Fsp3) is 0.400. The highest BCUT2D eigenvalue weighted by Gasteiger charge is 2.36. The predicted molar refractivity (Wildman–Crippen MR) is 241 cm³/mol. The third kappa shape index (κ3) is 12.5. The van der Waals surface area contributed by atoms with E-state index in [0.29, 0.717) is 39.3 Å². The van der Waals surface area contributed by atoms with Gasteiger partial charge < -0.3 is 36.3 Å². The largest absolute Gasteiger partial charge is 0.492 e. The van der Waals surface area contributed by atoms with Crippen LogP contribution < -0.4 is 26.3 Å². The Morgan fingerprint density at radius 3 is 2.11 bits per heavy atom. The van der Waals surface area contributed by atoms with Crippen molar-refractivity contribution in [2.75, 3.05) is 40.0 Å². The number of carbonyl (C=O) groups is 5. The number of likely N-dealkylation sites (N-methyl/N-ethyl adjacent to an activating group) is 1. The number of carbonyl (C=O) groups excluding carboxylic acids is 5. The number of ether oxygens (including phenoxy) is 2. The SMILES string of the molecule is CCCCc1ccc(-c2ccc(C(=O)C[C@@H](CO)C(=O)N(C)[C@@H]3C(=O)C[C@@H](C)C(=O)N[C@H](C(=O)CCC#N)Cc4ccc(OCCN)c(c4)-c4cc3ccc4OCCN)cc2)cc1. The lowest BCUT2D eigenvalue weighted by atomic mass is 9.88. The minimum Gasteiger partial charge on any atom is -0.492 e. The Balaban J connectivity index is 1.51. The molecule has 1 aliphatic heterocycles. The number of ketones is 3. The van der Waals surface area contributed by atoms with Crippen LogP contribution in [0.25, 0.3) is 22.3 Å². The van der Waals surface area contributed by atoms with Crippen LogP contribution in [-0.4, -0.2) is 85.2 Å². The minimum atomic E-state index is -1.28. The Bertz CT molecular complexity index is 2270. The normalized spacial score (nSPS) is 16.8. The molecule has 2 amide bonds. The van der Waals surface area contributed by atoms with Crippen molar-refractivity contribution in [2.45, 2.75) is 77.3 Å². The highest BCUT2D eigenvalue weighted by molar-refractivity contribution is 6.00. The third-order valence-corrected chi connectivity index (χ3v) is 11.3. The molecule has 0 saturated carbocycles. The zero-order chi connectivity index (χ0) is 45.5. The maximum Gasteiger partial charge on any atom is 0.229 e. The van der Waals surface area contributed by atoms with E-state index in [2.05, 4.69) is 36.5 Å². The molecule has 0 saturated heterocycles. The molecule has 4 bridgehead atoms. The molecule has 0 spiro atoms. The van der Waals surface area contributed by atoms with Crippen LogP contribution in [-0.2, 0) is 32.0 Å². The van der Waals surface area contributed by atoms with Gasteiger partial charge in [-0.3, -0.25) is 24.0 Å². The first-order chi connectivity index (χ1) is 30.4. The van der Waals surface area contributed by atoms with Crippen molar-refractivity contribution >= 4 is 29.2 Å². The van der Waals surface area contributed by atoms with Gasteiger partial charge in [0, 0.05) is 68.4 Å². The van der Waals surface area contributed by atoms with Gasteiger partial charge in [0.1, 0.15) is 30.8 Å². The van der Waals surface area contributed by atoms with Crippen molar-refractivity contribution in [3.05, 3.63) is 107 Å². The Morgan fingerprint density at radius 1 is 0.889 bits per heavy atom. The smallest absolute Gasteiger partial charge is 0.229 e. The van der Waals surface area contributed by atoms with Crippen molar-refractivity contribution in [3.8, 4) is 39.8 Å². The van der Waals surface area contributed by atoms with Crippen LogP contribution in [0, 0.1) is 23.2 Å². The lowest BCUT2D eigenvalue weighted by Gasteiger charge is -2.32. The Hall–Kier alpha value is -6.20. The first-order valence-corrected chi connectivity index (χ1v) is 21.7. The summed E-state index contributed by atoms with van der Waals surface area (Å²) in [5.41, 5.74) is 17.3. The van der Waals surface area contributed by atoms with E-state index in [1.165, 1.54) is 17.5 Å². The van der Waals surface area contributed by atoms with Crippen molar-refractivity contribution in [1.29, 1.82) is 5.26 Å². The average Bonchev–Trinajstić information content (AvgIpc) is 3.30. The van der Waals surface area contributed by atoms with E-state index in [4.69, 9.17) is 20.9 Å². The van der Waals surface area contributed by atoms with Crippen LogP contribution in [0.15, 0.2) is 84.9 Å². The number of aryl methyl sites for hydroxylation is 1. The Morgan fingerprint density at radius 2 is 1.51 bits per heavy atom. The van der Waals surface area contributed by atoms with E-state index in [1.807, 2.05) is 24.3 Å². The number of nitriles is 1. The Kier molecular flexibility index (Phi) is 17.7. The van der Waals surface area contributed by atoms with Gasteiger partial charge in [0.15, 0.2) is 17.3 Å². The van der Waals surface area contributed by atoms with Gasteiger partial charge in [0.2, 0.25) is 11.8 Å². The standard InChI is InChI=1S/C50H59N5O8/c1-4-5-7-33-9-12-35(13-10-33)36-14-16-37(17-15-36)44(58)30-39(31-56)50(61)55(3)48-38-18-20-47(63-25-23-53)41(29-38)40-27-34(11-19-46(40)62-24-22-52)28-42(43(57)8-6-21-51)54-49(60)32(2)26-45(48)59/h9-20,27,29,32,39,42,48,56H,4-8,22-26,28,30-31,52-53H2,1-3H3,(H,54,60)/t32-,39+,42+,48+/m1/s1. The molecule has 5 rings (SSSR count). The number of amides is 2. The molecule has 63 heavy (non-hydrogen) atoms. The molecular weight excluding hydrogens is 799 g/mol. The van der Waals surface area contributed by atoms with Gasteiger partial charge in [-0.2, -0.15) is 5.26 Å². The van der Waals surface area contributed by atoms with E-state index >= 15 is 0 Å². The maximum absolute atomic E-state index is 14.6. The number of aliphatic hydroxyl groups excluding tert-OH is 1.